The molecule has 3 aromatic rings. The minimum Gasteiger partial charge on any atom is -0.460 e. The molecule has 32 heavy (non-hydrogen) atoms. The highest BCUT2D eigenvalue weighted by atomic mass is 16.5. The van der Waals surface area contributed by atoms with E-state index in [1.54, 1.807) is 44.4 Å². The lowest BCUT2D eigenvalue weighted by atomic mass is 9.95. The lowest BCUT2D eigenvalue weighted by molar-refractivity contribution is 0.0447. The molecular weight excluding hydrogens is 408 g/mol. The Morgan fingerprint density at radius 1 is 1.22 bits per heavy atom. The van der Waals surface area contributed by atoms with Crippen LogP contribution < -0.4 is 5.32 Å². The minimum atomic E-state index is -1.04. The first-order chi connectivity index (χ1) is 15.3. The number of carbonyl (C=O) groups is 1. The first-order valence-corrected chi connectivity index (χ1v) is 10.8. The maximum Gasteiger partial charge on any atom is 0.338 e. The van der Waals surface area contributed by atoms with Gasteiger partial charge in [-0.3, -0.25) is 0 Å². The third-order valence-electron chi connectivity index (χ3n) is 5.63. The number of esters is 1. The summed E-state index contributed by atoms with van der Waals surface area (Å²) < 4.78 is 11.4. The summed E-state index contributed by atoms with van der Waals surface area (Å²) in [5, 5.41) is 13.7. The van der Waals surface area contributed by atoms with E-state index < -0.39 is 11.6 Å². The van der Waals surface area contributed by atoms with E-state index in [1.165, 1.54) is 0 Å². The molecule has 8 heteroatoms. The molecule has 8 nitrogen and oxygen atoms in total. The van der Waals surface area contributed by atoms with Crippen molar-refractivity contribution in [3.05, 3.63) is 65.6 Å². The first kappa shape index (κ1) is 22.1. The van der Waals surface area contributed by atoms with Crippen molar-refractivity contribution in [1.29, 1.82) is 0 Å². The number of aryl methyl sites for hydroxylation is 1. The molecule has 1 aliphatic rings. The molecule has 0 amide bonds. The molecule has 0 spiro atoms. The van der Waals surface area contributed by atoms with E-state index in [1.807, 2.05) is 19.1 Å². The highest BCUT2D eigenvalue weighted by Gasteiger charge is 2.30. The number of nitrogens with one attached hydrogen (secondary N) is 1. The summed E-state index contributed by atoms with van der Waals surface area (Å²) >= 11 is 0. The van der Waals surface area contributed by atoms with Crippen LogP contribution in [-0.4, -0.2) is 45.2 Å². The van der Waals surface area contributed by atoms with E-state index in [0.29, 0.717) is 40.8 Å². The van der Waals surface area contributed by atoms with E-state index >= 15 is 0 Å². The maximum absolute atomic E-state index is 12.7. The Bertz CT molecular complexity index is 1070. The number of carbonyl (C=O) groups excluding carboxylic acids is 1. The Labute approximate surface area is 187 Å². The molecule has 1 aromatic carbocycles. The van der Waals surface area contributed by atoms with Gasteiger partial charge in [0.25, 0.3) is 0 Å². The zero-order valence-corrected chi connectivity index (χ0v) is 18.5. The summed E-state index contributed by atoms with van der Waals surface area (Å²) in [5.74, 6) is 1.50. The van der Waals surface area contributed by atoms with Gasteiger partial charge in [0.15, 0.2) is 11.7 Å². The summed E-state index contributed by atoms with van der Waals surface area (Å²) in [6, 6.07) is 8.97. The van der Waals surface area contributed by atoms with Gasteiger partial charge in [0.2, 0.25) is 0 Å². The van der Waals surface area contributed by atoms with E-state index in [4.69, 9.17) is 9.15 Å². The average molecular weight is 437 g/mol. The third-order valence-corrected chi connectivity index (χ3v) is 5.63. The highest BCUT2D eigenvalue weighted by molar-refractivity contribution is 5.96. The Morgan fingerprint density at radius 3 is 2.62 bits per heavy atom. The van der Waals surface area contributed by atoms with Crippen LogP contribution in [0.2, 0.25) is 0 Å². The Hall–Kier alpha value is -3.10. The fourth-order valence-electron chi connectivity index (χ4n) is 3.98. The SMILES string of the molecule is Cc1oc([C@@H]2CC[C@@H](COC(=O)c3ccccc3-c3ncccn3)NC2)nc1C(C)(C)O. The van der Waals surface area contributed by atoms with Gasteiger partial charge in [-0.15, -0.1) is 0 Å². The molecule has 0 saturated carbocycles. The zero-order chi connectivity index (χ0) is 22.7. The second-order valence-corrected chi connectivity index (χ2v) is 8.61. The van der Waals surface area contributed by atoms with Crippen LogP contribution in [0.4, 0.5) is 0 Å². The van der Waals surface area contributed by atoms with Gasteiger partial charge in [0, 0.05) is 36.5 Å². The molecule has 1 saturated heterocycles. The highest BCUT2D eigenvalue weighted by Crippen LogP contribution is 2.30. The number of nitrogens with zero attached hydrogens (tertiary/aromatic N) is 3. The van der Waals surface area contributed by atoms with Gasteiger partial charge in [-0.1, -0.05) is 18.2 Å². The van der Waals surface area contributed by atoms with E-state index in [0.717, 1.165) is 12.8 Å². The normalized spacial score (nSPS) is 19.0. The molecule has 0 bridgehead atoms. The Kier molecular flexibility index (Phi) is 6.34. The van der Waals surface area contributed by atoms with Crippen LogP contribution in [0.1, 0.15) is 60.3 Å². The number of benzene rings is 1. The van der Waals surface area contributed by atoms with Crippen LogP contribution >= 0.6 is 0 Å². The molecule has 2 N–H and O–H groups in total. The largest absolute Gasteiger partial charge is 0.460 e. The van der Waals surface area contributed by atoms with Crippen LogP contribution in [-0.2, 0) is 10.3 Å². The molecule has 1 fully saturated rings. The van der Waals surface area contributed by atoms with Gasteiger partial charge in [-0.05, 0) is 45.7 Å². The molecule has 0 aliphatic carbocycles. The van der Waals surface area contributed by atoms with Gasteiger partial charge in [-0.25, -0.2) is 19.7 Å². The minimum absolute atomic E-state index is 0.0557. The number of ether oxygens (including phenoxy) is 1. The van der Waals surface area contributed by atoms with Crippen molar-refractivity contribution in [3.63, 3.8) is 0 Å². The lowest BCUT2D eigenvalue weighted by Gasteiger charge is -2.28. The molecule has 168 valence electrons. The van der Waals surface area contributed by atoms with Crippen molar-refractivity contribution in [2.24, 2.45) is 0 Å². The average Bonchev–Trinajstić information content (AvgIpc) is 3.20. The summed E-state index contributed by atoms with van der Waals surface area (Å²) in [6.45, 7) is 6.16. The van der Waals surface area contributed by atoms with E-state index in [-0.39, 0.29) is 18.6 Å². The fourth-order valence-corrected chi connectivity index (χ4v) is 3.98. The molecule has 0 unspecified atom stereocenters. The number of oxazole rings is 1. The second kappa shape index (κ2) is 9.18. The smallest absolute Gasteiger partial charge is 0.338 e. The number of piperidine rings is 1. The zero-order valence-electron chi connectivity index (χ0n) is 18.5. The predicted octanol–water partition coefficient (Wildman–Crippen LogP) is 3.36. The number of aromatic nitrogens is 3. The van der Waals surface area contributed by atoms with Crippen LogP contribution in [0.5, 0.6) is 0 Å². The topological polar surface area (TPSA) is 110 Å². The standard InChI is InChI=1S/C24H28N4O4/c1-15-20(24(2,3)30)28-22(32-15)16-9-10-17(27-13-16)14-31-23(29)19-8-5-4-7-18(19)21-25-11-6-12-26-21/h4-8,11-12,16-17,27,30H,9-10,13-14H2,1-3H3/t16-,17+/m1/s1. The number of hydrogen-bond donors (Lipinski definition) is 2. The summed E-state index contributed by atoms with van der Waals surface area (Å²) in [6.07, 6.45) is 4.97. The van der Waals surface area contributed by atoms with Crippen molar-refractivity contribution in [3.8, 4) is 11.4 Å². The van der Waals surface area contributed by atoms with E-state index in [2.05, 4.69) is 20.3 Å². The Balaban J connectivity index is 1.34. The molecule has 3 heterocycles. The van der Waals surface area contributed by atoms with Gasteiger partial charge in [-0.2, -0.15) is 0 Å². The first-order valence-electron chi connectivity index (χ1n) is 10.8. The third kappa shape index (κ3) is 4.87. The molecule has 4 rings (SSSR count). The maximum atomic E-state index is 12.7. The van der Waals surface area contributed by atoms with Crippen molar-refractivity contribution in [1.82, 2.24) is 20.3 Å². The number of aliphatic hydroxyl groups is 1. The second-order valence-electron chi connectivity index (χ2n) is 8.61. The lowest BCUT2D eigenvalue weighted by Crippen LogP contribution is -2.41. The van der Waals surface area contributed by atoms with Gasteiger partial charge in [0.1, 0.15) is 23.7 Å². The number of rotatable bonds is 6. The molecule has 2 aromatic heterocycles. The van der Waals surface area contributed by atoms with Gasteiger partial charge >= 0.3 is 5.97 Å². The predicted molar refractivity (Wildman–Crippen MR) is 118 cm³/mol. The fraction of sp³-hybridized carbons (Fsp3) is 0.417. The quantitative estimate of drug-likeness (QED) is 0.566. The number of hydrogen-bond acceptors (Lipinski definition) is 8. The van der Waals surface area contributed by atoms with Crippen molar-refractivity contribution in [2.45, 2.75) is 51.2 Å². The molecule has 1 aliphatic heterocycles. The summed E-state index contributed by atoms with van der Waals surface area (Å²) in [5.41, 5.74) is 0.634. The van der Waals surface area contributed by atoms with Gasteiger partial charge < -0.3 is 19.6 Å². The van der Waals surface area contributed by atoms with Crippen molar-refractivity contribution >= 4 is 5.97 Å². The molecular formula is C24H28N4O4. The van der Waals surface area contributed by atoms with Crippen LogP contribution in [0.3, 0.4) is 0 Å². The molecule has 2 atom stereocenters. The molecule has 0 radical (unpaired) electrons. The Morgan fingerprint density at radius 2 is 1.97 bits per heavy atom. The van der Waals surface area contributed by atoms with Crippen molar-refractivity contribution in [2.75, 3.05) is 13.2 Å². The van der Waals surface area contributed by atoms with Crippen molar-refractivity contribution < 1.29 is 19.1 Å². The summed E-state index contributed by atoms with van der Waals surface area (Å²) in [7, 11) is 0. The van der Waals surface area contributed by atoms with Gasteiger partial charge in [0.05, 0.1) is 5.56 Å². The van der Waals surface area contributed by atoms with Crippen LogP contribution in [0, 0.1) is 6.92 Å². The summed E-state index contributed by atoms with van der Waals surface area (Å²) in [4.78, 5) is 25.8. The monoisotopic (exact) mass is 436 g/mol. The van der Waals surface area contributed by atoms with E-state index in [9.17, 15) is 9.90 Å². The van der Waals surface area contributed by atoms with Crippen LogP contribution in [0.15, 0.2) is 47.1 Å². The van der Waals surface area contributed by atoms with Crippen LogP contribution in [0.25, 0.3) is 11.4 Å².